The van der Waals surface area contributed by atoms with Crippen LogP contribution in [0.4, 0.5) is 0 Å². The second-order valence-electron chi connectivity index (χ2n) is 13.9. The molecule has 0 unspecified atom stereocenters. The van der Waals surface area contributed by atoms with Crippen molar-refractivity contribution in [2.75, 3.05) is 0 Å². The van der Waals surface area contributed by atoms with E-state index in [4.69, 9.17) is 19.4 Å². The molecule has 0 radical (unpaired) electrons. The Labute approximate surface area is 317 Å². The van der Waals surface area contributed by atoms with Crippen LogP contribution >= 0.6 is 0 Å². The van der Waals surface area contributed by atoms with Crippen LogP contribution in [0.5, 0.6) is 0 Å². The van der Waals surface area contributed by atoms with Gasteiger partial charge in [0.1, 0.15) is 11.2 Å². The van der Waals surface area contributed by atoms with Gasteiger partial charge in [0.2, 0.25) is 0 Å². The lowest BCUT2D eigenvalue weighted by molar-refractivity contribution is 0.673. The molecule has 2 aromatic heterocycles. The van der Waals surface area contributed by atoms with E-state index in [2.05, 4.69) is 152 Å². The molecule has 0 aliphatic carbocycles. The van der Waals surface area contributed by atoms with Gasteiger partial charge in [0, 0.05) is 32.8 Å². The van der Waals surface area contributed by atoms with Gasteiger partial charge < -0.3 is 4.42 Å². The Balaban J connectivity index is 1.17. The van der Waals surface area contributed by atoms with Gasteiger partial charge in [-0.15, -0.1) is 0 Å². The van der Waals surface area contributed by atoms with Crippen LogP contribution in [0.2, 0.25) is 0 Å². The quantitative estimate of drug-likeness (QED) is 0.168. The number of para-hydroxylation sites is 1. The number of benzene rings is 9. The van der Waals surface area contributed by atoms with Gasteiger partial charge in [-0.2, -0.15) is 0 Å². The van der Waals surface area contributed by atoms with Gasteiger partial charge in [0.05, 0.1) is 0 Å². The van der Waals surface area contributed by atoms with Crippen molar-refractivity contribution in [3.05, 3.63) is 188 Å². The third kappa shape index (κ3) is 5.19. The summed E-state index contributed by atoms with van der Waals surface area (Å²) in [7, 11) is 0. The molecule has 0 N–H and O–H groups in total. The highest BCUT2D eigenvalue weighted by molar-refractivity contribution is 6.34. The number of aromatic nitrogens is 3. The second kappa shape index (κ2) is 12.6. The standard InChI is InChI=1S/C51H31N3O/c1-3-14-32(15-4-1)33-26-28-34(29-27-33)36-18-13-19-37(30-36)50-52-49(35-16-5-2-6-17-35)53-51(54-50)44-31-43-40-22-8-7-20-38(40)39-21-9-10-23-41(39)46(43)48-47(44)42-24-11-12-25-45(42)55-48/h1-31H. The summed E-state index contributed by atoms with van der Waals surface area (Å²) in [4.78, 5) is 15.7. The maximum Gasteiger partial charge on any atom is 0.164 e. The maximum atomic E-state index is 6.84. The number of rotatable bonds is 5. The fourth-order valence-electron chi connectivity index (χ4n) is 8.11. The Morgan fingerprint density at radius 3 is 1.47 bits per heavy atom. The average Bonchev–Trinajstić information content (AvgIpc) is 3.66. The molecule has 11 rings (SSSR count). The van der Waals surface area contributed by atoms with E-state index in [-0.39, 0.29) is 0 Å². The molecule has 0 fully saturated rings. The van der Waals surface area contributed by atoms with Gasteiger partial charge >= 0.3 is 0 Å². The molecule has 0 bridgehead atoms. The van der Waals surface area contributed by atoms with Crippen molar-refractivity contribution in [1.29, 1.82) is 0 Å². The van der Waals surface area contributed by atoms with Gasteiger partial charge in [0.15, 0.2) is 17.5 Å². The first-order chi connectivity index (χ1) is 27.3. The Morgan fingerprint density at radius 2 is 0.764 bits per heavy atom. The number of hydrogen-bond acceptors (Lipinski definition) is 4. The molecule has 9 aromatic carbocycles. The molecule has 0 saturated heterocycles. The fourth-order valence-corrected chi connectivity index (χ4v) is 8.11. The van der Waals surface area contributed by atoms with Crippen molar-refractivity contribution in [3.63, 3.8) is 0 Å². The number of nitrogens with zero attached hydrogens (tertiary/aromatic N) is 3. The summed E-state index contributed by atoms with van der Waals surface area (Å²) in [5, 5.41) is 8.91. The zero-order chi connectivity index (χ0) is 36.3. The summed E-state index contributed by atoms with van der Waals surface area (Å²) in [6, 6.07) is 65.6. The Kier molecular flexibility index (Phi) is 7.14. The Hall–Kier alpha value is -7.43. The van der Waals surface area contributed by atoms with Crippen molar-refractivity contribution >= 4 is 54.3 Å². The average molecular weight is 702 g/mol. The minimum absolute atomic E-state index is 0.595. The summed E-state index contributed by atoms with van der Waals surface area (Å²) in [5.74, 6) is 1.82. The van der Waals surface area contributed by atoms with Gasteiger partial charge in [-0.3, -0.25) is 0 Å². The van der Waals surface area contributed by atoms with Crippen LogP contribution in [0.25, 0.3) is 111 Å². The van der Waals surface area contributed by atoms with Crippen LogP contribution < -0.4 is 0 Å². The first-order valence-electron chi connectivity index (χ1n) is 18.5. The largest absolute Gasteiger partial charge is 0.455 e. The monoisotopic (exact) mass is 701 g/mol. The van der Waals surface area contributed by atoms with Crippen LogP contribution in [-0.4, -0.2) is 15.0 Å². The first kappa shape index (κ1) is 31.1. The summed E-state index contributed by atoms with van der Waals surface area (Å²) in [6.45, 7) is 0. The third-order valence-corrected chi connectivity index (χ3v) is 10.7. The molecule has 11 aromatic rings. The van der Waals surface area contributed by atoms with Crippen molar-refractivity contribution in [3.8, 4) is 56.4 Å². The molecule has 0 atom stereocenters. The summed E-state index contributed by atoms with van der Waals surface area (Å²) >= 11 is 0. The maximum absolute atomic E-state index is 6.84. The minimum atomic E-state index is 0.595. The SMILES string of the molecule is c1ccc(-c2ccc(-c3cccc(-c4nc(-c5ccccc5)nc(-c5cc6c7ccccc7c7ccccc7c6c6oc7ccccc7c56)n4)c3)cc2)cc1. The van der Waals surface area contributed by atoms with E-state index < -0.39 is 0 Å². The fraction of sp³-hybridized carbons (Fsp3) is 0. The van der Waals surface area contributed by atoms with Gasteiger partial charge in [0.25, 0.3) is 0 Å². The van der Waals surface area contributed by atoms with E-state index in [9.17, 15) is 0 Å². The Morgan fingerprint density at radius 1 is 0.291 bits per heavy atom. The van der Waals surface area contributed by atoms with E-state index in [1.807, 2.05) is 36.4 Å². The lowest BCUT2D eigenvalue weighted by Gasteiger charge is -2.14. The lowest BCUT2D eigenvalue weighted by Crippen LogP contribution is -2.01. The molecule has 2 heterocycles. The summed E-state index contributed by atoms with van der Waals surface area (Å²) < 4.78 is 6.84. The zero-order valence-corrected chi connectivity index (χ0v) is 29.6. The van der Waals surface area contributed by atoms with E-state index in [0.29, 0.717) is 17.5 Å². The number of furan rings is 1. The zero-order valence-electron chi connectivity index (χ0n) is 29.6. The van der Waals surface area contributed by atoms with Crippen LogP contribution in [0, 0.1) is 0 Å². The predicted molar refractivity (Wildman–Crippen MR) is 227 cm³/mol. The summed E-state index contributed by atoms with van der Waals surface area (Å²) in [5.41, 5.74) is 8.99. The predicted octanol–water partition coefficient (Wildman–Crippen LogP) is 13.6. The molecule has 4 nitrogen and oxygen atoms in total. The molecule has 0 aliphatic rings. The van der Waals surface area contributed by atoms with Crippen molar-refractivity contribution < 1.29 is 4.42 Å². The molecular weight excluding hydrogens is 671 g/mol. The van der Waals surface area contributed by atoms with E-state index in [1.165, 1.54) is 21.9 Å². The Bertz CT molecular complexity index is 3240. The minimum Gasteiger partial charge on any atom is -0.455 e. The van der Waals surface area contributed by atoms with Crippen LogP contribution in [0.1, 0.15) is 0 Å². The molecular formula is C51H31N3O. The highest BCUT2D eigenvalue weighted by Gasteiger charge is 2.23. The number of fused-ring (bicyclic) bond motifs is 10. The topological polar surface area (TPSA) is 51.8 Å². The molecule has 4 heteroatoms. The van der Waals surface area contributed by atoms with Gasteiger partial charge in [-0.1, -0.05) is 170 Å². The third-order valence-electron chi connectivity index (χ3n) is 10.7. The van der Waals surface area contributed by atoms with Crippen molar-refractivity contribution in [1.82, 2.24) is 15.0 Å². The van der Waals surface area contributed by atoms with Crippen LogP contribution in [0.15, 0.2) is 192 Å². The molecule has 0 amide bonds. The molecule has 0 spiro atoms. The van der Waals surface area contributed by atoms with Crippen LogP contribution in [0.3, 0.4) is 0 Å². The number of hydrogen-bond donors (Lipinski definition) is 0. The highest BCUT2D eigenvalue weighted by Crippen LogP contribution is 2.46. The van der Waals surface area contributed by atoms with Gasteiger partial charge in [-0.05, 0) is 67.4 Å². The molecule has 55 heavy (non-hydrogen) atoms. The van der Waals surface area contributed by atoms with E-state index in [0.717, 1.165) is 71.3 Å². The van der Waals surface area contributed by atoms with E-state index in [1.54, 1.807) is 0 Å². The smallest absolute Gasteiger partial charge is 0.164 e. The molecule has 0 aliphatic heterocycles. The van der Waals surface area contributed by atoms with Gasteiger partial charge in [-0.25, -0.2) is 15.0 Å². The highest BCUT2D eigenvalue weighted by atomic mass is 16.3. The normalized spacial score (nSPS) is 11.6. The van der Waals surface area contributed by atoms with Crippen molar-refractivity contribution in [2.45, 2.75) is 0 Å². The first-order valence-corrected chi connectivity index (χ1v) is 18.5. The van der Waals surface area contributed by atoms with Crippen molar-refractivity contribution in [2.24, 2.45) is 0 Å². The molecule has 256 valence electrons. The van der Waals surface area contributed by atoms with Crippen LogP contribution in [-0.2, 0) is 0 Å². The van der Waals surface area contributed by atoms with E-state index >= 15 is 0 Å². The molecule has 0 saturated carbocycles. The second-order valence-corrected chi connectivity index (χ2v) is 13.9. The lowest BCUT2D eigenvalue weighted by atomic mass is 9.91. The summed E-state index contributed by atoms with van der Waals surface area (Å²) in [6.07, 6.45) is 0.